The summed E-state index contributed by atoms with van der Waals surface area (Å²) in [6, 6.07) is 4.26. The number of nitrogens with zero attached hydrogens (tertiary/aromatic N) is 2. The maximum Gasteiger partial charge on any atom is 0.0992 e. The molecule has 4 heteroatoms. The molecule has 3 nitrogen and oxygen atoms in total. The number of benzene rings is 1. The van der Waals surface area contributed by atoms with E-state index in [9.17, 15) is 0 Å². The van der Waals surface area contributed by atoms with Gasteiger partial charge in [0.15, 0.2) is 0 Å². The van der Waals surface area contributed by atoms with Crippen molar-refractivity contribution in [3.63, 3.8) is 0 Å². The zero-order valence-electron chi connectivity index (χ0n) is 11.9. The fourth-order valence-electron chi connectivity index (χ4n) is 2.53. The van der Waals surface area contributed by atoms with Crippen molar-refractivity contribution in [1.29, 1.82) is 0 Å². The first-order valence-corrected chi connectivity index (χ1v) is 7.72. The Bertz CT molecular complexity index is 604. The van der Waals surface area contributed by atoms with Gasteiger partial charge in [-0.1, -0.05) is 20.8 Å². The van der Waals surface area contributed by atoms with E-state index >= 15 is 0 Å². The summed E-state index contributed by atoms with van der Waals surface area (Å²) in [6.07, 6.45) is 2.53. The van der Waals surface area contributed by atoms with Crippen molar-refractivity contribution in [1.82, 2.24) is 4.98 Å². The summed E-state index contributed by atoms with van der Waals surface area (Å²) in [6.45, 7) is 8.85. The first kappa shape index (κ1) is 12.7. The van der Waals surface area contributed by atoms with Crippen molar-refractivity contribution in [2.45, 2.75) is 39.0 Å². The average molecular weight is 275 g/mol. The molecule has 2 heterocycles. The zero-order chi connectivity index (χ0) is 13.6. The molecule has 1 aromatic carbocycles. The third-order valence-corrected chi connectivity index (χ3v) is 5.07. The predicted octanol–water partition coefficient (Wildman–Crippen LogP) is 3.78. The van der Waals surface area contributed by atoms with Crippen LogP contribution in [0.2, 0.25) is 0 Å². The van der Waals surface area contributed by atoms with E-state index in [2.05, 4.69) is 37.8 Å². The highest BCUT2D eigenvalue weighted by molar-refractivity contribution is 7.18. The molecule has 1 aliphatic rings. The summed E-state index contributed by atoms with van der Waals surface area (Å²) in [5, 5.41) is 1.18. The second-order valence-corrected chi connectivity index (χ2v) is 7.37. The van der Waals surface area contributed by atoms with Crippen molar-refractivity contribution < 1.29 is 0 Å². The van der Waals surface area contributed by atoms with Gasteiger partial charge in [0, 0.05) is 18.5 Å². The number of aromatic nitrogens is 1. The Morgan fingerprint density at radius 3 is 2.53 bits per heavy atom. The molecule has 0 spiro atoms. The zero-order valence-corrected chi connectivity index (χ0v) is 12.7. The summed E-state index contributed by atoms with van der Waals surface area (Å²) < 4.78 is 1.20. The van der Waals surface area contributed by atoms with Gasteiger partial charge in [0.1, 0.15) is 0 Å². The SMILES string of the molecule is CC(C)(C)c1nc2cc(N3CCCC3)c(N)cc2s1. The lowest BCUT2D eigenvalue weighted by molar-refractivity contribution is 0.587. The van der Waals surface area contributed by atoms with Gasteiger partial charge in [0.25, 0.3) is 0 Å². The van der Waals surface area contributed by atoms with Crippen LogP contribution in [0.3, 0.4) is 0 Å². The number of rotatable bonds is 1. The van der Waals surface area contributed by atoms with E-state index in [0.717, 1.165) is 30.0 Å². The average Bonchev–Trinajstić information content (AvgIpc) is 2.94. The molecule has 0 atom stereocenters. The molecule has 2 N–H and O–H groups in total. The molecule has 0 amide bonds. The molecular formula is C15H21N3S. The Morgan fingerprint density at radius 1 is 1.21 bits per heavy atom. The Kier molecular flexibility index (Phi) is 2.93. The van der Waals surface area contributed by atoms with Gasteiger partial charge < -0.3 is 10.6 Å². The van der Waals surface area contributed by atoms with Crippen LogP contribution >= 0.6 is 11.3 Å². The minimum atomic E-state index is 0.103. The van der Waals surface area contributed by atoms with Crippen LogP contribution in [0.1, 0.15) is 38.6 Å². The number of thiazole rings is 1. The van der Waals surface area contributed by atoms with Crippen LogP contribution in [-0.2, 0) is 5.41 Å². The number of fused-ring (bicyclic) bond motifs is 1. The second kappa shape index (κ2) is 4.37. The molecule has 2 aromatic rings. The van der Waals surface area contributed by atoms with Gasteiger partial charge in [0.2, 0.25) is 0 Å². The molecule has 0 unspecified atom stereocenters. The lowest BCUT2D eigenvalue weighted by atomic mass is 9.98. The van der Waals surface area contributed by atoms with Crippen LogP contribution in [0.5, 0.6) is 0 Å². The summed E-state index contributed by atoms with van der Waals surface area (Å²) in [7, 11) is 0. The molecule has 1 fully saturated rings. The number of nitrogens with two attached hydrogens (primary N) is 1. The van der Waals surface area contributed by atoms with Crippen molar-refractivity contribution in [3.8, 4) is 0 Å². The van der Waals surface area contributed by atoms with Crippen LogP contribution in [0.4, 0.5) is 11.4 Å². The molecular weight excluding hydrogens is 254 g/mol. The fourth-order valence-corrected chi connectivity index (χ4v) is 3.58. The molecule has 1 aliphatic heterocycles. The van der Waals surface area contributed by atoms with Crippen LogP contribution < -0.4 is 10.6 Å². The third kappa shape index (κ3) is 2.29. The molecule has 0 saturated carbocycles. The largest absolute Gasteiger partial charge is 0.397 e. The summed E-state index contributed by atoms with van der Waals surface area (Å²) in [4.78, 5) is 7.17. The molecule has 0 aliphatic carbocycles. The number of nitrogen functional groups attached to an aromatic ring is 1. The van der Waals surface area contributed by atoms with Gasteiger partial charge in [-0.15, -0.1) is 11.3 Å². The molecule has 19 heavy (non-hydrogen) atoms. The molecule has 102 valence electrons. The van der Waals surface area contributed by atoms with Gasteiger partial charge in [-0.05, 0) is 25.0 Å². The van der Waals surface area contributed by atoms with Crippen molar-refractivity contribution in [2.75, 3.05) is 23.7 Å². The van der Waals surface area contributed by atoms with E-state index in [4.69, 9.17) is 10.7 Å². The molecule has 3 rings (SSSR count). The van der Waals surface area contributed by atoms with Gasteiger partial charge in [-0.25, -0.2) is 4.98 Å². The third-order valence-electron chi connectivity index (χ3n) is 3.63. The van der Waals surface area contributed by atoms with Gasteiger partial charge >= 0.3 is 0 Å². The summed E-state index contributed by atoms with van der Waals surface area (Å²) in [5.41, 5.74) is 9.46. The highest BCUT2D eigenvalue weighted by Gasteiger charge is 2.21. The lowest BCUT2D eigenvalue weighted by Crippen LogP contribution is -2.18. The number of anilines is 2. The first-order valence-electron chi connectivity index (χ1n) is 6.90. The Balaban J connectivity index is 2.08. The lowest BCUT2D eigenvalue weighted by Gasteiger charge is -2.19. The fraction of sp³-hybridized carbons (Fsp3) is 0.533. The minimum Gasteiger partial charge on any atom is -0.397 e. The normalized spacial score (nSPS) is 16.5. The molecule has 1 saturated heterocycles. The second-order valence-electron chi connectivity index (χ2n) is 6.34. The standard InChI is InChI=1S/C15H21N3S/c1-15(2,3)14-17-11-9-12(18-6-4-5-7-18)10(16)8-13(11)19-14/h8-9H,4-7,16H2,1-3H3. The smallest absolute Gasteiger partial charge is 0.0992 e. The van der Waals surface area contributed by atoms with E-state index < -0.39 is 0 Å². The predicted molar refractivity (Wildman–Crippen MR) is 84.2 cm³/mol. The highest BCUT2D eigenvalue weighted by atomic mass is 32.1. The highest BCUT2D eigenvalue weighted by Crippen LogP contribution is 2.36. The molecule has 0 bridgehead atoms. The Hall–Kier alpha value is -1.29. The van der Waals surface area contributed by atoms with Crippen molar-refractivity contribution in [3.05, 3.63) is 17.1 Å². The van der Waals surface area contributed by atoms with Crippen LogP contribution in [-0.4, -0.2) is 18.1 Å². The first-order chi connectivity index (χ1) is 8.95. The van der Waals surface area contributed by atoms with E-state index in [1.807, 2.05) is 0 Å². The number of hydrogen-bond donors (Lipinski definition) is 1. The topological polar surface area (TPSA) is 42.2 Å². The quantitative estimate of drug-likeness (QED) is 0.805. The van der Waals surface area contributed by atoms with Crippen LogP contribution in [0, 0.1) is 0 Å². The molecule has 0 radical (unpaired) electrons. The molecule has 1 aromatic heterocycles. The summed E-state index contributed by atoms with van der Waals surface area (Å²) in [5.74, 6) is 0. The van der Waals surface area contributed by atoms with E-state index in [1.165, 1.54) is 22.5 Å². The van der Waals surface area contributed by atoms with E-state index in [0.29, 0.717) is 0 Å². The Labute approximate surface area is 118 Å². The summed E-state index contributed by atoms with van der Waals surface area (Å²) >= 11 is 1.76. The Morgan fingerprint density at radius 2 is 1.89 bits per heavy atom. The van der Waals surface area contributed by atoms with Crippen molar-refractivity contribution >= 4 is 32.9 Å². The van der Waals surface area contributed by atoms with Gasteiger partial charge in [-0.3, -0.25) is 0 Å². The minimum absolute atomic E-state index is 0.103. The monoisotopic (exact) mass is 275 g/mol. The van der Waals surface area contributed by atoms with Gasteiger partial charge in [-0.2, -0.15) is 0 Å². The van der Waals surface area contributed by atoms with Crippen LogP contribution in [0.25, 0.3) is 10.2 Å². The van der Waals surface area contributed by atoms with Crippen molar-refractivity contribution in [2.24, 2.45) is 0 Å². The number of hydrogen-bond acceptors (Lipinski definition) is 4. The van der Waals surface area contributed by atoms with Crippen LogP contribution in [0.15, 0.2) is 12.1 Å². The maximum atomic E-state index is 6.22. The van der Waals surface area contributed by atoms with E-state index in [-0.39, 0.29) is 5.41 Å². The maximum absolute atomic E-state index is 6.22. The van der Waals surface area contributed by atoms with E-state index in [1.54, 1.807) is 11.3 Å². The van der Waals surface area contributed by atoms with Gasteiger partial charge in [0.05, 0.1) is 26.6 Å².